The normalized spacial score (nSPS) is 27.2. The van der Waals surface area contributed by atoms with Crippen LogP contribution in [0.2, 0.25) is 0 Å². The molecule has 0 saturated carbocycles. The number of likely N-dealkylation sites (N-methyl/N-ethyl adjacent to an activating group) is 1. The number of nitrogens with one attached hydrogen (secondary N) is 1. The molecular weight excluding hydrogens is 212 g/mol. The van der Waals surface area contributed by atoms with Gasteiger partial charge in [-0.3, -0.25) is 0 Å². The highest BCUT2D eigenvalue weighted by Gasteiger charge is 2.27. The van der Waals surface area contributed by atoms with Crippen molar-refractivity contribution in [2.75, 3.05) is 38.7 Å². The summed E-state index contributed by atoms with van der Waals surface area (Å²) in [5, 5.41) is 3.49. The summed E-state index contributed by atoms with van der Waals surface area (Å²) in [5.74, 6) is 0.622. The van der Waals surface area contributed by atoms with E-state index in [2.05, 4.69) is 41.5 Å². The number of para-hydroxylation sites is 1. The van der Waals surface area contributed by atoms with E-state index in [1.165, 1.54) is 17.7 Å². The van der Waals surface area contributed by atoms with Crippen molar-refractivity contribution in [3.63, 3.8) is 0 Å². The topological polar surface area (TPSA) is 24.5 Å². The van der Waals surface area contributed by atoms with Crippen LogP contribution in [0.15, 0.2) is 24.3 Å². The van der Waals surface area contributed by atoms with Gasteiger partial charge in [0.05, 0.1) is 6.61 Å². The van der Waals surface area contributed by atoms with Crippen molar-refractivity contribution in [1.82, 2.24) is 4.90 Å². The summed E-state index contributed by atoms with van der Waals surface area (Å²) in [4.78, 5) is 2.46. The number of hydrogen-bond donors (Lipinski definition) is 1. The summed E-state index contributed by atoms with van der Waals surface area (Å²) < 4.78 is 5.45. The van der Waals surface area contributed by atoms with E-state index in [1.54, 1.807) is 0 Å². The fourth-order valence-corrected chi connectivity index (χ4v) is 2.89. The average Bonchev–Trinajstić information content (AvgIpc) is 2.98. The van der Waals surface area contributed by atoms with Gasteiger partial charge >= 0.3 is 0 Å². The molecule has 2 atom stereocenters. The lowest BCUT2D eigenvalue weighted by Crippen LogP contribution is -2.35. The number of anilines is 1. The van der Waals surface area contributed by atoms with Gasteiger partial charge in [0.2, 0.25) is 0 Å². The Morgan fingerprint density at radius 3 is 3.12 bits per heavy atom. The fourth-order valence-electron chi connectivity index (χ4n) is 2.89. The number of hydrogen-bond acceptors (Lipinski definition) is 3. The molecule has 1 fully saturated rings. The minimum atomic E-state index is 0.614. The molecule has 3 heteroatoms. The van der Waals surface area contributed by atoms with Gasteiger partial charge in [-0.05, 0) is 25.1 Å². The lowest BCUT2D eigenvalue weighted by atomic mass is 10.0. The highest BCUT2D eigenvalue weighted by Crippen LogP contribution is 2.31. The molecule has 2 unspecified atom stereocenters. The highest BCUT2D eigenvalue weighted by molar-refractivity contribution is 5.57. The summed E-state index contributed by atoms with van der Waals surface area (Å²) in [6.07, 6.45) is 1.18. The van der Waals surface area contributed by atoms with Gasteiger partial charge in [0.15, 0.2) is 0 Å². The van der Waals surface area contributed by atoms with E-state index >= 15 is 0 Å². The summed E-state index contributed by atoms with van der Waals surface area (Å²) in [7, 11) is 2.22. The van der Waals surface area contributed by atoms with Gasteiger partial charge in [0.1, 0.15) is 0 Å². The first-order valence-electron chi connectivity index (χ1n) is 6.45. The van der Waals surface area contributed by atoms with Crippen LogP contribution in [0, 0.1) is 0 Å². The van der Waals surface area contributed by atoms with Crippen LogP contribution in [0.25, 0.3) is 0 Å². The lowest BCUT2D eigenvalue weighted by Gasteiger charge is -2.26. The molecule has 1 N–H and O–H groups in total. The van der Waals surface area contributed by atoms with Crippen molar-refractivity contribution in [2.45, 2.75) is 18.4 Å². The first-order chi connectivity index (χ1) is 8.34. The summed E-state index contributed by atoms with van der Waals surface area (Å²) in [6.45, 7) is 4.02. The standard InChI is InChI=1S/C14H20N2O/c1-16(12-6-7-17-10-12)9-11-8-15-14-5-3-2-4-13(11)14/h2-5,11-12,15H,6-10H2,1H3. The van der Waals surface area contributed by atoms with E-state index in [4.69, 9.17) is 4.74 Å². The minimum absolute atomic E-state index is 0.614. The zero-order valence-corrected chi connectivity index (χ0v) is 10.4. The predicted octanol–water partition coefficient (Wildman–Crippen LogP) is 1.92. The van der Waals surface area contributed by atoms with Crippen LogP contribution in [0.5, 0.6) is 0 Å². The molecule has 2 aliphatic heterocycles. The van der Waals surface area contributed by atoms with Crippen molar-refractivity contribution >= 4 is 5.69 Å². The van der Waals surface area contributed by atoms with Crippen molar-refractivity contribution < 1.29 is 4.74 Å². The number of ether oxygens (including phenoxy) is 1. The molecule has 3 rings (SSSR count). The van der Waals surface area contributed by atoms with E-state index in [-0.39, 0.29) is 0 Å². The van der Waals surface area contributed by atoms with Crippen LogP contribution >= 0.6 is 0 Å². The minimum Gasteiger partial charge on any atom is -0.384 e. The lowest BCUT2D eigenvalue weighted by molar-refractivity contribution is 0.156. The van der Waals surface area contributed by atoms with Crippen molar-refractivity contribution in [1.29, 1.82) is 0 Å². The SMILES string of the molecule is CN(CC1CNc2ccccc21)C1CCOC1. The highest BCUT2D eigenvalue weighted by atomic mass is 16.5. The summed E-state index contributed by atoms with van der Waals surface area (Å²) in [6, 6.07) is 9.27. The van der Waals surface area contributed by atoms with E-state index in [1.807, 2.05) is 0 Å². The Morgan fingerprint density at radius 2 is 2.29 bits per heavy atom. The Bertz CT molecular complexity index is 388. The Hall–Kier alpha value is -1.06. The largest absolute Gasteiger partial charge is 0.384 e. The molecule has 0 aliphatic carbocycles. The van der Waals surface area contributed by atoms with Gasteiger partial charge in [-0.1, -0.05) is 18.2 Å². The third kappa shape index (κ3) is 2.17. The number of fused-ring (bicyclic) bond motifs is 1. The van der Waals surface area contributed by atoms with Gasteiger partial charge in [0.25, 0.3) is 0 Å². The quantitative estimate of drug-likeness (QED) is 0.861. The third-order valence-electron chi connectivity index (χ3n) is 3.98. The van der Waals surface area contributed by atoms with Gasteiger partial charge in [0, 0.05) is 37.3 Å². The first-order valence-corrected chi connectivity index (χ1v) is 6.45. The number of benzene rings is 1. The predicted molar refractivity (Wildman–Crippen MR) is 69.5 cm³/mol. The molecule has 2 heterocycles. The molecular formula is C14H20N2O. The molecule has 0 aromatic heterocycles. The van der Waals surface area contributed by atoms with Gasteiger partial charge in [-0.2, -0.15) is 0 Å². The molecule has 0 bridgehead atoms. The Balaban J connectivity index is 1.66. The van der Waals surface area contributed by atoms with Gasteiger partial charge in [-0.25, -0.2) is 0 Å². The van der Waals surface area contributed by atoms with Crippen molar-refractivity contribution in [3.8, 4) is 0 Å². The first kappa shape index (κ1) is 11.1. The van der Waals surface area contributed by atoms with Crippen LogP contribution in [0.3, 0.4) is 0 Å². The zero-order valence-electron chi connectivity index (χ0n) is 10.4. The van der Waals surface area contributed by atoms with Crippen LogP contribution < -0.4 is 5.32 Å². The second kappa shape index (κ2) is 4.67. The maximum atomic E-state index is 5.45. The summed E-state index contributed by atoms with van der Waals surface area (Å²) in [5.41, 5.74) is 2.78. The molecule has 0 radical (unpaired) electrons. The smallest absolute Gasteiger partial charge is 0.0622 e. The number of nitrogens with zero attached hydrogens (tertiary/aromatic N) is 1. The molecule has 3 nitrogen and oxygen atoms in total. The second-order valence-corrected chi connectivity index (χ2v) is 5.12. The van der Waals surface area contributed by atoms with E-state index in [0.717, 1.165) is 26.3 Å². The number of rotatable bonds is 3. The Morgan fingerprint density at radius 1 is 1.41 bits per heavy atom. The fraction of sp³-hybridized carbons (Fsp3) is 0.571. The molecule has 17 heavy (non-hydrogen) atoms. The van der Waals surface area contributed by atoms with Crippen molar-refractivity contribution in [2.24, 2.45) is 0 Å². The van der Waals surface area contributed by atoms with E-state index < -0.39 is 0 Å². The third-order valence-corrected chi connectivity index (χ3v) is 3.98. The molecule has 2 aliphatic rings. The maximum absolute atomic E-state index is 5.45. The Kier molecular flexibility index (Phi) is 3.04. The monoisotopic (exact) mass is 232 g/mol. The molecule has 1 saturated heterocycles. The van der Waals surface area contributed by atoms with Crippen LogP contribution in [-0.2, 0) is 4.74 Å². The van der Waals surface area contributed by atoms with Gasteiger partial charge in [-0.15, -0.1) is 0 Å². The van der Waals surface area contributed by atoms with Crippen LogP contribution in [0.1, 0.15) is 17.9 Å². The zero-order chi connectivity index (χ0) is 11.7. The summed E-state index contributed by atoms with van der Waals surface area (Å²) >= 11 is 0. The van der Waals surface area contributed by atoms with Crippen molar-refractivity contribution in [3.05, 3.63) is 29.8 Å². The maximum Gasteiger partial charge on any atom is 0.0622 e. The molecule has 0 amide bonds. The average molecular weight is 232 g/mol. The van der Waals surface area contributed by atoms with Crippen LogP contribution in [0.4, 0.5) is 5.69 Å². The molecule has 1 aromatic carbocycles. The Labute approximate surface area is 103 Å². The molecule has 92 valence electrons. The van der Waals surface area contributed by atoms with E-state index in [9.17, 15) is 0 Å². The second-order valence-electron chi connectivity index (χ2n) is 5.12. The van der Waals surface area contributed by atoms with Crippen LogP contribution in [-0.4, -0.2) is 44.3 Å². The molecule has 0 spiro atoms. The van der Waals surface area contributed by atoms with E-state index in [0.29, 0.717) is 12.0 Å². The van der Waals surface area contributed by atoms with Gasteiger partial charge < -0.3 is 15.0 Å². The molecule has 1 aromatic rings.